The molecule has 0 unspecified atom stereocenters. The van der Waals surface area contributed by atoms with Crippen molar-refractivity contribution in [2.24, 2.45) is 0 Å². The Balaban J connectivity index is 1.50. The summed E-state index contributed by atoms with van der Waals surface area (Å²) in [5.41, 5.74) is 1.17. The van der Waals surface area contributed by atoms with Crippen LogP contribution in [0.3, 0.4) is 0 Å². The molecule has 3 atom stereocenters. The number of alkyl halides is 3. The van der Waals surface area contributed by atoms with Crippen LogP contribution in [-0.2, 0) is 54.5 Å². The van der Waals surface area contributed by atoms with Gasteiger partial charge in [-0.2, -0.15) is 13.2 Å². The topological polar surface area (TPSA) is 170 Å². The molecule has 0 aromatic heterocycles. The molecule has 306 valence electrons. The molecule has 4 aromatic carbocycles. The summed E-state index contributed by atoms with van der Waals surface area (Å²) in [4.78, 5) is 66.2. The first-order valence-corrected chi connectivity index (χ1v) is 18.2. The Morgan fingerprint density at radius 1 is 0.810 bits per heavy atom. The summed E-state index contributed by atoms with van der Waals surface area (Å²) in [6, 6.07) is 22.4. The van der Waals surface area contributed by atoms with E-state index in [4.69, 9.17) is 18.9 Å². The van der Waals surface area contributed by atoms with Crippen molar-refractivity contribution in [1.29, 1.82) is 0 Å². The van der Waals surface area contributed by atoms with Crippen LogP contribution in [0.5, 0.6) is 17.2 Å². The summed E-state index contributed by atoms with van der Waals surface area (Å²) in [6.07, 6.45) is -6.50. The molecule has 2 aliphatic rings. The van der Waals surface area contributed by atoms with Crippen LogP contribution in [0.4, 0.5) is 23.7 Å². The number of anilines is 1. The van der Waals surface area contributed by atoms with Gasteiger partial charge < -0.3 is 40.2 Å². The molecule has 16 heteroatoms. The molecule has 0 saturated carbocycles. The maximum atomic E-state index is 14.1. The van der Waals surface area contributed by atoms with E-state index in [9.17, 15) is 37.1 Å². The number of esters is 1. The average molecular weight is 805 g/mol. The van der Waals surface area contributed by atoms with Gasteiger partial charge >= 0.3 is 24.1 Å². The molecule has 0 saturated heterocycles. The number of alkyl carbamates (subject to hydrolysis) is 1. The third-order valence-corrected chi connectivity index (χ3v) is 8.64. The highest BCUT2D eigenvalue weighted by Gasteiger charge is 2.39. The van der Waals surface area contributed by atoms with Crippen LogP contribution in [0, 0.1) is 0 Å². The Bertz CT molecular complexity index is 2090. The second kappa shape index (κ2) is 18.6. The van der Waals surface area contributed by atoms with E-state index in [0.29, 0.717) is 29.0 Å². The zero-order valence-electron chi connectivity index (χ0n) is 32.1. The number of fused-ring (bicyclic) bond motifs is 10. The predicted octanol–water partition coefficient (Wildman–Crippen LogP) is 5.94. The van der Waals surface area contributed by atoms with Crippen LogP contribution < -0.4 is 30.7 Å². The van der Waals surface area contributed by atoms with Gasteiger partial charge in [-0.3, -0.25) is 14.4 Å². The predicted molar refractivity (Wildman–Crippen MR) is 205 cm³/mol. The van der Waals surface area contributed by atoms with Gasteiger partial charge in [-0.15, -0.1) is 0 Å². The summed E-state index contributed by atoms with van der Waals surface area (Å²) < 4.78 is 61.9. The molecule has 58 heavy (non-hydrogen) atoms. The maximum absolute atomic E-state index is 14.1. The number of carbonyl (C=O) groups excluding carboxylic acids is 5. The number of ether oxygens (including phenoxy) is 4. The van der Waals surface area contributed by atoms with Crippen molar-refractivity contribution < 1.29 is 56.1 Å². The van der Waals surface area contributed by atoms with Crippen LogP contribution in [0.2, 0.25) is 0 Å². The van der Waals surface area contributed by atoms with E-state index in [1.165, 1.54) is 30.3 Å². The van der Waals surface area contributed by atoms with Crippen LogP contribution in [0.15, 0.2) is 97.1 Å². The van der Waals surface area contributed by atoms with E-state index in [-0.39, 0.29) is 36.4 Å². The van der Waals surface area contributed by atoms with Crippen LogP contribution in [0.1, 0.15) is 43.0 Å². The molecule has 0 fully saturated rings. The van der Waals surface area contributed by atoms with E-state index < -0.39 is 59.7 Å². The van der Waals surface area contributed by atoms with Gasteiger partial charge in [0.15, 0.2) is 5.75 Å². The molecular weight excluding hydrogens is 761 g/mol. The molecule has 4 bridgehead atoms. The van der Waals surface area contributed by atoms with Crippen LogP contribution in [-0.4, -0.2) is 66.8 Å². The highest BCUT2D eigenvalue weighted by molar-refractivity contribution is 5.96. The molecular formula is C42H43F3N4O9. The monoisotopic (exact) mass is 804 g/mol. The largest absolute Gasteiger partial charge is 0.489 e. The van der Waals surface area contributed by atoms with E-state index in [1.54, 1.807) is 62.5 Å². The lowest BCUT2D eigenvalue weighted by atomic mass is 10.0. The number of carbonyl (C=O) groups is 5. The van der Waals surface area contributed by atoms with E-state index >= 15 is 0 Å². The van der Waals surface area contributed by atoms with Gasteiger partial charge in [0, 0.05) is 19.3 Å². The SMILES string of the molecule is COC(=O)[C@@H]1Cc2ccc(NC(=O)C(F)(F)F)c(c2)Oc2ccc(cc2)C[C@H](NC(=O)OC(C)(C)C)C(=O)N[C@@H](Cc2ccc(OCc3ccccc3)cc2)C(=O)N1. The number of benzene rings is 4. The van der Waals surface area contributed by atoms with E-state index in [0.717, 1.165) is 12.7 Å². The Kier molecular flexibility index (Phi) is 13.6. The van der Waals surface area contributed by atoms with Crippen molar-refractivity contribution in [2.75, 3.05) is 12.4 Å². The molecule has 4 N–H and O–H groups in total. The number of rotatable bonds is 8. The van der Waals surface area contributed by atoms with Gasteiger partial charge in [0.25, 0.3) is 0 Å². The number of amides is 4. The molecule has 6 rings (SSSR count). The summed E-state index contributed by atoms with van der Waals surface area (Å²) >= 11 is 0. The number of hydrogen-bond donors (Lipinski definition) is 4. The quantitative estimate of drug-likeness (QED) is 0.158. The van der Waals surface area contributed by atoms with Gasteiger partial charge in [-0.1, -0.05) is 60.7 Å². The highest BCUT2D eigenvalue weighted by atomic mass is 19.4. The minimum atomic E-state index is -5.20. The number of methoxy groups -OCH3 is 1. The van der Waals surface area contributed by atoms with Crippen molar-refractivity contribution >= 4 is 35.5 Å². The Hall–Kier alpha value is -6.58. The van der Waals surface area contributed by atoms with Crippen LogP contribution in [0.25, 0.3) is 0 Å². The molecule has 4 amide bonds. The Morgan fingerprint density at radius 2 is 1.48 bits per heavy atom. The minimum Gasteiger partial charge on any atom is -0.489 e. The zero-order valence-corrected chi connectivity index (χ0v) is 32.1. The fourth-order valence-corrected chi connectivity index (χ4v) is 5.81. The fourth-order valence-electron chi connectivity index (χ4n) is 5.81. The summed E-state index contributed by atoms with van der Waals surface area (Å²) in [5, 5.41) is 9.75. The lowest BCUT2D eigenvalue weighted by Gasteiger charge is -2.26. The summed E-state index contributed by atoms with van der Waals surface area (Å²) in [7, 11) is 1.11. The molecule has 2 heterocycles. The first-order chi connectivity index (χ1) is 27.4. The van der Waals surface area contributed by atoms with Crippen molar-refractivity contribution in [1.82, 2.24) is 16.0 Å². The van der Waals surface area contributed by atoms with Crippen molar-refractivity contribution in [3.63, 3.8) is 0 Å². The molecule has 0 aliphatic carbocycles. The second-order valence-corrected chi connectivity index (χ2v) is 14.4. The van der Waals surface area contributed by atoms with E-state index in [2.05, 4.69) is 16.0 Å². The molecule has 0 radical (unpaired) electrons. The lowest BCUT2D eigenvalue weighted by molar-refractivity contribution is -0.167. The van der Waals surface area contributed by atoms with Gasteiger partial charge in [-0.05, 0) is 79.4 Å². The molecule has 0 spiro atoms. The minimum absolute atomic E-state index is 0.0656. The third kappa shape index (κ3) is 12.5. The standard InChI is InChI=1S/C42H43F3N4O9/c1-41(2,3)58-40(54)49-33-21-26-12-17-30(18-13-26)57-35-23-28(14-19-31(35)48-39(53)42(43,44)45)22-34(38(52)55-4)47-36(50)32(46-37(33)51)20-25-10-15-29(16-11-25)56-24-27-8-6-5-7-9-27/h5-19,23,32-34H,20-22,24H2,1-4H3,(H,46,51)(H,47,50)(H,48,53)(H,49,54)/t32-,33-,34-/m0/s1. The smallest absolute Gasteiger partial charge is 0.471 e. The van der Waals surface area contributed by atoms with Gasteiger partial charge in [0.05, 0.1) is 12.8 Å². The first kappa shape index (κ1) is 42.6. The molecule has 4 aromatic rings. The van der Waals surface area contributed by atoms with Crippen molar-refractivity contribution in [3.8, 4) is 17.2 Å². The zero-order chi connectivity index (χ0) is 42.0. The van der Waals surface area contributed by atoms with Crippen molar-refractivity contribution in [2.45, 2.75) is 76.5 Å². The van der Waals surface area contributed by atoms with Gasteiger partial charge in [-0.25, -0.2) is 9.59 Å². The first-order valence-electron chi connectivity index (χ1n) is 18.2. The molecule has 2 aliphatic heterocycles. The Morgan fingerprint density at radius 3 is 2.12 bits per heavy atom. The maximum Gasteiger partial charge on any atom is 0.471 e. The number of hydrogen-bond acceptors (Lipinski definition) is 9. The number of nitrogens with one attached hydrogen (secondary N) is 4. The van der Waals surface area contributed by atoms with E-state index in [1.807, 2.05) is 30.3 Å². The normalized spacial score (nSPS) is 17.4. The second-order valence-electron chi connectivity index (χ2n) is 14.4. The van der Waals surface area contributed by atoms with Gasteiger partial charge in [0.2, 0.25) is 11.8 Å². The van der Waals surface area contributed by atoms with Gasteiger partial charge in [0.1, 0.15) is 41.8 Å². The Labute approximate surface area is 332 Å². The van der Waals surface area contributed by atoms with Crippen molar-refractivity contribution in [3.05, 3.63) is 119 Å². The fraction of sp³-hybridized carbons (Fsp3) is 0.310. The number of halogens is 3. The molecule has 13 nitrogen and oxygen atoms in total. The summed E-state index contributed by atoms with van der Waals surface area (Å²) in [6.45, 7) is 5.28. The van der Waals surface area contributed by atoms with Crippen LogP contribution >= 0.6 is 0 Å². The highest BCUT2D eigenvalue weighted by Crippen LogP contribution is 2.33. The summed E-state index contributed by atoms with van der Waals surface area (Å²) in [5.74, 6) is -4.14. The average Bonchev–Trinajstić information content (AvgIpc) is 3.17. The lowest BCUT2D eigenvalue weighted by Crippen LogP contribution is -2.57. The third-order valence-electron chi connectivity index (χ3n) is 8.64.